The van der Waals surface area contributed by atoms with Crippen LogP contribution in [0, 0.1) is 11.8 Å². The molecule has 1 N–H and O–H groups in total. The number of rotatable bonds is 12. The minimum Gasteiger partial charge on any atom is -0.407 e. The Labute approximate surface area is 270 Å². The average molecular weight is 630 g/mol. The maximum atomic E-state index is 15.1. The van der Waals surface area contributed by atoms with E-state index in [0.717, 1.165) is 23.5 Å². The number of benzene rings is 5. The van der Waals surface area contributed by atoms with E-state index in [9.17, 15) is 0 Å². The van der Waals surface area contributed by atoms with Crippen molar-refractivity contribution in [1.82, 2.24) is 5.09 Å². The molecule has 0 bridgehead atoms. The summed E-state index contributed by atoms with van der Waals surface area (Å²) >= 11 is 0. The van der Waals surface area contributed by atoms with Gasteiger partial charge in [0.2, 0.25) is 7.29 Å². The predicted molar refractivity (Wildman–Crippen MR) is 192 cm³/mol. The van der Waals surface area contributed by atoms with E-state index in [1.807, 2.05) is 60.7 Å². The van der Waals surface area contributed by atoms with Crippen molar-refractivity contribution in [2.24, 2.45) is 11.8 Å². The van der Waals surface area contributed by atoms with Gasteiger partial charge in [0.05, 0.1) is 0 Å². The Balaban J connectivity index is 1.27. The first-order valence-corrected chi connectivity index (χ1v) is 19.7. The Kier molecular flexibility index (Phi) is 9.40. The SMILES string of the molecule is CC(C)(C)[Si](OCCC1CC1[C@@H](NP(=O)(c1ccccc1)c1ccccc1)c1ccccc1)(c1ccccc1)c1ccccc1. The third-order valence-electron chi connectivity index (χ3n) is 9.35. The molecule has 0 saturated heterocycles. The topological polar surface area (TPSA) is 38.3 Å². The molecular formula is C40H44NO2PSi. The maximum Gasteiger partial charge on any atom is 0.261 e. The van der Waals surface area contributed by atoms with E-state index < -0.39 is 15.6 Å². The summed E-state index contributed by atoms with van der Waals surface area (Å²) in [5, 5.41) is 8.02. The van der Waals surface area contributed by atoms with Crippen molar-refractivity contribution in [1.29, 1.82) is 0 Å². The van der Waals surface area contributed by atoms with E-state index in [2.05, 4.69) is 117 Å². The lowest BCUT2D eigenvalue weighted by molar-refractivity contribution is 0.279. The van der Waals surface area contributed by atoms with Gasteiger partial charge in [-0.1, -0.05) is 148 Å². The highest BCUT2D eigenvalue weighted by molar-refractivity contribution is 7.76. The highest BCUT2D eigenvalue weighted by Crippen LogP contribution is 2.54. The highest BCUT2D eigenvalue weighted by Gasteiger charge is 2.51. The van der Waals surface area contributed by atoms with E-state index in [1.165, 1.54) is 15.9 Å². The van der Waals surface area contributed by atoms with Gasteiger partial charge in [-0.25, -0.2) is 0 Å². The second-order valence-electron chi connectivity index (χ2n) is 13.3. The van der Waals surface area contributed by atoms with Crippen molar-refractivity contribution in [2.75, 3.05) is 6.61 Å². The number of nitrogens with one attached hydrogen (secondary N) is 1. The van der Waals surface area contributed by atoms with Crippen molar-refractivity contribution in [2.45, 2.75) is 44.7 Å². The Bertz CT molecular complexity index is 1610. The van der Waals surface area contributed by atoms with Crippen LogP contribution in [0.25, 0.3) is 0 Å². The van der Waals surface area contributed by atoms with E-state index in [0.29, 0.717) is 18.4 Å². The molecule has 0 aromatic heterocycles. The summed E-state index contributed by atoms with van der Waals surface area (Å²) in [4.78, 5) is 0. The molecule has 0 spiro atoms. The molecule has 1 saturated carbocycles. The molecule has 2 unspecified atom stereocenters. The lowest BCUT2D eigenvalue weighted by Gasteiger charge is -2.43. The van der Waals surface area contributed by atoms with Crippen LogP contribution in [0.1, 0.15) is 45.2 Å². The van der Waals surface area contributed by atoms with Crippen LogP contribution in [0.2, 0.25) is 5.04 Å². The fourth-order valence-electron chi connectivity index (χ4n) is 6.98. The molecule has 3 atom stereocenters. The van der Waals surface area contributed by atoms with Crippen molar-refractivity contribution < 1.29 is 8.99 Å². The van der Waals surface area contributed by atoms with Crippen molar-refractivity contribution >= 4 is 36.6 Å². The molecule has 5 aromatic rings. The molecule has 0 radical (unpaired) electrons. The van der Waals surface area contributed by atoms with Crippen LogP contribution in [0.15, 0.2) is 152 Å². The summed E-state index contributed by atoms with van der Waals surface area (Å²) in [5.41, 5.74) is 1.19. The second-order valence-corrected chi connectivity index (χ2v) is 20.1. The van der Waals surface area contributed by atoms with Gasteiger partial charge >= 0.3 is 0 Å². The van der Waals surface area contributed by atoms with Gasteiger partial charge in [0.15, 0.2) is 0 Å². The van der Waals surface area contributed by atoms with Crippen molar-refractivity contribution in [3.8, 4) is 0 Å². The molecule has 6 rings (SSSR count). The summed E-state index contributed by atoms with van der Waals surface area (Å²) in [6.45, 7) is 7.70. The molecule has 45 heavy (non-hydrogen) atoms. The molecule has 230 valence electrons. The Morgan fingerprint density at radius 1 is 0.689 bits per heavy atom. The van der Waals surface area contributed by atoms with Crippen LogP contribution >= 0.6 is 7.29 Å². The maximum absolute atomic E-state index is 15.1. The van der Waals surface area contributed by atoms with Gasteiger partial charge < -0.3 is 4.43 Å². The normalized spacial score (nSPS) is 17.5. The van der Waals surface area contributed by atoms with Crippen LogP contribution in [0.4, 0.5) is 0 Å². The van der Waals surface area contributed by atoms with Gasteiger partial charge in [0.25, 0.3) is 8.32 Å². The van der Waals surface area contributed by atoms with E-state index in [1.54, 1.807) is 0 Å². The monoisotopic (exact) mass is 629 g/mol. The summed E-state index contributed by atoms with van der Waals surface area (Å²) in [5.74, 6) is 0.858. The van der Waals surface area contributed by atoms with Gasteiger partial charge in [-0.05, 0) is 69.9 Å². The number of hydrogen-bond acceptors (Lipinski definition) is 2. The zero-order valence-corrected chi connectivity index (χ0v) is 28.4. The number of hydrogen-bond donors (Lipinski definition) is 1. The third kappa shape index (κ3) is 6.57. The predicted octanol–water partition coefficient (Wildman–Crippen LogP) is 7.85. The van der Waals surface area contributed by atoms with Gasteiger partial charge in [0, 0.05) is 23.3 Å². The highest BCUT2D eigenvalue weighted by atomic mass is 31.2. The molecule has 5 heteroatoms. The van der Waals surface area contributed by atoms with E-state index in [4.69, 9.17) is 4.43 Å². The first kappa shape index (κ1) is 31.4. The van der Waals surface area contributed by atoms with Gasteiger partial charge in [-0.2, -0.15) is 0 Å². The molecule has 3 nitrogen and oxygen atoms in total. The average Bonchev–Trinajstić information content (AvgIpc) is 3.86. The summed E-state index contributed by atoms with van der Waals surface area (Å²) in [6.07, 6.45) is 2.06. The molecule has 1 aliphatic rings. The lowest BCUT2D eigenvalue weighted by atomic mass is 10.0. The lowest BCUT2D eigenvalue weighted by Crippen LogP contribution is -2.66. The Morgan fingerprint density at radius 3 is 1.56 bits per heavy atom. The minimum atomic E-state index is -3.12. The fraction of sp³-hybridized carbons (Fsp3) is 0.250. The first-order chi connectivity index (χ1) is 21.8. The summed E-state index contributed by atoms with van der Waals surface area (Å²) < 4.78 is 22.3. The van der Waals surface area contributed by atoms with Crippen LogP contribution in [0.5, 0.6) is 0 Å². The zero-order chi connectivity index (χ0) is 31.3. The summed E-state index contributed by atoms with van der Waals surface area (Å²) in [7, 11) is -5.70. The van der Waals surface area contributed by atoms with Gasteiger partial charge in [0.1, 0.15) is 0 Å². The van der Waals surface area contributed by atoms with Crippen LogP contribution in [-0.4, -0.2) is 14.9 Å². The molecule has 0 heterocycles. The van der Waals surface area contributed by atoms with Crippen LogP contribution < -0.4 is 26.1 Å². The summed E-state index contributed by atoms with van der Waals surface area (Å²) in [6, 6.07) is 52.1. The molecule has 1 fully saturated rings. The third-order valence-corrected chi connectivity index (χ3v) is 17.1. The van der Waals surface area contributed by atoms with Crippen LogP contribution in [-0.2, 0) is 8.99 Å². The second kappa shape index (κ2) is 13.4. The molecule has 1 aliphatic carbocycles. The zero-order valence-electron chi connectivity index (χ0n) is 26.6. The van der Waals surface area contributed by atoms with Crippen LogP contribution in [0.3, 0.4) is 0 Å². The minimum absolute atomic E-state index is 0.0321. The molecule has 0 amide bonds. The van der Waals surface area contributed by atoms with Gasteiger partial charge in [-0.15, -0.1) is 0 Å². The van der Waals surface area contributed by atoms with E-state index in [-0.39, 0.29) is 11.1 Å². The quantitative estimate of drug-likeness (QED) is 0.113. The molecular weight excluding hydrogens is 586 g/mol. The largest absolute Gasteiger partial charge is 0.407 e. The first-order valence-electron chi connectivity index (χ1n) is 16.1. The Morgan fingerprint density at radius 2 is 1.11 bits per heavy atom. The smallest absolute Gasteiger partial charge is 0.261 e. The van der Waals surface area contributed by atoms with Crippen molar-refractivity contribution in [3.63, 3.8) is 0 Å². The van der Waals surface area contributed by atoms with E-state index >= 15 is 4.57 Å². The Hall–Kier alpha value is -3.53. The molecule has 0 aliphatic heterocycles. The fourth-order valence-corrected chi connectivity index (χ4v) is 14.1. The standard InChI is InChI=1S/C40H44NO2PSi/c1-40(2,3)45(36-25-15-7-16-26-36,37-27-17-8-18-28-37)43-30-29-33-31-38(33)39(32-19-9-4-10-20-32)41-44(42,34-21-11-5-12-22-34)35-23-13-6-14-24-35/h4-28,33,38-39H,29-31H2,1-3H3,(H,41,42)/t33?,38?,39-/m0/s1. The van der Waals surface area contributed by atoms with Gasteiger partial charge in [-0.3, -0.25) is 9.65 Å². The van der Waals surface area contributed by atoms with Crippen molar-refractivity contribution in [3.05, 3.63) is 157 Å². The molecule has 5 aromatic carbocycles.